The molecule has 170 valence electrons. The van der Waals surface area contributed by atoms with Crippen LogP contribution in [0.4, 0.5) is 19.0 Å². The zero-order chi connectivity index (χ0) is 24.2. The first-order chi connectivity index (χ1) is 15.5. The summed E-state index contributed by atoms with van der Waals surface area (Å²) < 4.78 is 38.1. The number of aryl methyl sites for hydroxylation is 1. The minimum absolute atomic E-state index is 0.249. The molecule has 0 aliphatic rings. The Hall–Kier alpha value is -3.73. The maximum absolute atomic E-state index is 12.9. The van der Waals surface area contributed by atoms with Crippen molar-refractivity contribution >= 4 is 44.5 Å². The summed E-state index contributed by atoms with van der Waals surface area (Å²) in [4.78, 5) is 30.7. The number of carbonyl (C=O) groups is 2. The molecular weight excluding hydrogens is 507 g/mol. The highest BCUT2D eigenvalue weighted by Crippen LogP contribution is 2.28. The van der Waals surface area contributed by atoms with Crippen LogP contribution in [0, 0.1) is 6.92 Å². The molecule has 0 aliphatic heterocycles. The van der Waals surface area contributed by atoms with E-state index in [-0.39, 0.29) is 5.91 Å². The Morgan fingerprint density at radius 3 is 2.45 bits per heavy atom. The standard InChI is InChI=1S/C20H14BrN3O2.C2HF3O2/c1-12-6-7-22-19(9-12)24-20(25)15-11-17(18-3-2-8-26-18)23-16-5-4-13(21)10-14(15)16;3-2(4,5)1(6)7/h2-11H,1H3,(H,22,24,25);(H,6,7). The van der Waals surface area contributed by atoms with Crippen LogP contribution in [0.3, 0.4) is 0 Å². The number of hydrogen-bond acceptors (Lipinski definition) is 5. The summed E-state index contributed by atoms with van der Waals surface area (Å²) in [5, 5.41) is 10.7. The fourth-order valence-corrected chi connectivity index (χ4v) is 3.09. The van der Waals surface area contributed by atoms with Gasteiger partial charge in [0, 0.05) is 16.1 Å². The molecule has 1 amide bonds. The van der Waals surface area contributed by atoms with E-state index in [1.807, 2.05) is 43.3 Å². The Morgan fingerprint density at radius 1 is 1.12 bits per heavy atom. The van der Waals surface area contributed by atoms with Crippen LogP contribution in [-0.4, -0.2) is 33.1 Å². The molecular formula is C22H15BrF3N3O4. The third-order valence-corrected chi connectivity index (χ3v) is 4.68. The van der Waals surface area contributed by atoms with E-state index >= 15 is 0 Å². The van der Waals surface area contributed by atoms with Gasteiger partial charge in [-0.15, -0.1) is 0 Å². The number of carboxylic acids is 1. The maximum Gasteiger partial charge on any atom is 0.490 e. The molecule has 0 unspecified atom stereocenters. The van der Waals surface area contributed by atoms with Crippen LogP contribution in [0.15, 0.2) is 69.9 Å². The number of pyridine rings is 2. The van der Waals surface area contributed by atoms with Gasteiger partial charge >= 0.3 is 12.1 Å². The number of halogens is 4. The quantitative estimate of drug-likeness (QED) is 0.350. The lowest BCUT2D eigenvalue weighted by atomic mass is 10.1. The van der Waals surface area contributed by atoms with Gasteiger partial charge in [0.15, 0.2) is 5.76 Å². The predicted molar refractivity (Wildman–Crippen MR) is 118 cm³/mol. The Labute approximate surface area is 193 Å². The smallest absolute Gasteiger partial charge is 0.475 e. The fraction of sp³-hybridized carbons (Fsp3) is 0.0909. The van der Waals surface area contributed by atoms with E-state index in [1.165, 1.54) is 0 Å². The Kier molecular flexibility index (Phi) is 7.12. The van der Waals surface area contributed by atoms with Gasteiger partial charge in [-0.2, -0.15) is 13.2 Å². The zero-order valence-corrected chi connectivity index (χ0v) is 18.4. The lowest BCUT2D eigenvalue weighted by Gasteiger charge is -2.10. The average Bonchev–Trinajstić information content (AvgIpc) is 3.27. The highest BCUT2D eigenvalue weighted by atomic mass is 79.9. The summed E-state index contributed by atoms with van der Waals surface area (Å²) in [5.74, 6) is -1.89. The lowest BCUT2D eigenvalue weighted by molar-refractivity contribution is -0.192. The van der Waals surface area contributed by atoms with Crippen LogP contribution < -0.4 is 5.32 Å². The van der Waals surface area contributed by atoms with Crippen molar-refractivity contribution in [2.75, 3.05) is 5.32 Å². The van der Waals surface area contributed by atoms with Crippen molar-refractivity contribution in [3.8, 4) is 11.5 Å². The van der Waals surface area contributed by atoms with Gasteiger partial charge in [-0.05, 0) is 61.0 Å². The third-order valence-electron chi connectivity index (χ3n) is 4.19. The number of nitrogens with zero attached hydrogens (tertiary/aromatic N) is 2. The molecule has 0 saturated heterocycles. The molecule has 0 fully saturated rings. The number of alkyl halides is 3. The van der Waals surface area contributed by atoms with Crippen LogP contribution in [0.2, 0.25) is 0 Å². The van der Waals surface area contributed by atoms with E-state index in [9.17, 15) is 18.0 Å². The van der Waals surface area contributed by atoms with Gasteiger partial charge in [0.05, 0.1) is 17.3 Å². The molecule has 0 radical (unpaired) electrons. The van der Waals surface area contributed by atoms with E-state index in [2.05, 4.69) is 31.2 Å². The molecule has 4 aromatic rings. The highest BCUT2D eigenvalue weighted by molar-refractivity contribution is 9.10. The lowest BCUT2D eigenvalue weighted by Crippen LogP contribution is -2.21. The fourth-order valence-electron chi connectivity index (χ4n) is 2.72. The number of nitrogens with one attached hydrogen (secondary N) is 1. The number of benzene rings is 1. The average molecular weight is 522 g/mol. The first-order valence-corrected chi connectivity index (χ1v) is 10.0. The van der Waals surface area contributed by atoms with Crippen molar-refractivity contribution in [3.63, 3.8) is 0 Å². The van der Waals surface area contributed by atoms with Crippen molar-refractivity contribution in [2.24, 2.45) is 0 Å². The summed E-state index contributed by atoms with van der Waals surface area (Å²) >= 11 is 3.46. The molecule has 0 atom stereocenters. The predicted octanol–water partition coefficient (Wildman–Crippen LogP) is 5.85. The van der Waals surface area contributed by atoms with Crippen LogP contribution in [0.5, 0.6) is 0 Å². The van der Waals surface area contributed by atoms with E-state index in [1.54, 1.807) is 24.6 Å². The molecule has 4 rings (SSSR count). The second-order valence-corrected chi connectivity index (χ2v) is 7.58. The monoisotopic (exact) mass is 521 g/mol. The molecule has 11 heteroatoms. The maximum atomic E-state index is 12.9. The van der Waals surface area contributed by atoms with Crippen molar-refractivity contribution in [1.82, 2.24) is 9.97 Å². The van der Waals surface area contributed by atoms with E-state index in [4.69, 9.17) is 14.3 Å². The van der Waals surface area contributed by atoms with E-state index < -0.39 is 12.1 Å². The van der Waals surface area contributed by atoms with Gasteiger partial charge in [0.2, 0.25) is 0 Å². The number of aliphatic carboxylic acids is 1. The minimum atomic E-state index is -5.08. The molecule has 33 heavy (non-hydrogen) atoms. The Morgan fingerprint density at radius 2 is 1.85 bits per heavy atom. The third kappa shape index (κ3) is 6.16. The molecule has 0 aliphatic carbocycles. The number of carboxylic acid groups (broad SMARTS) is 1. The molecule has 3 aromatic heterocycles. The van der Waals surface area contributed by atoms with Gasteiger partial charge in [0.1, 0.15) is 11.5 Å². The second kappa shape index (κ2) is 9.82. The Balaban J connectivity index is 0.000000383. The molecule has 1 aromatic carbocycles. The summed E-state index contributed by atoms with van der Waals surface area (Å²) in [6.45, 7) is 1.95. The molecule has 0 spiro atoms. The molecule has 3 heterocycles. The first kappa shape index (κ1) is 23.9. The molecule has 2 N–H and O–H groups in total. The number of hydrogen-bond donors (Lipinski definition) is 2. The largest absolute Gasteiger partial charge is 0.490 e. The summed E-state index contributed by atoms with van der Waals surface area (Å²) in [5.41, 5.74) is 2.84. The molecule has 0 bridgehead atoms. The minimum Gasteiger partial charge on any atom is -0.475 e. The van der Waals surface area contributed by atoms with Crippen molar-refractivity contribution in [3.05, 3.63) is 76.6 Å². The number of rotatable bonds is 3. The van der Waals surface area contributed by atoms with Gasteiger partial charge in [-0.3, -0.25) is 4.79 Å². The number of carbonyl (C=O) groups excluding carboxylic acids is 1. The van der Waals surface area contributed by atoms with Crippen molar-refractivity contribution < 1.29 is 32.3 Å². The van der Waals surface area contributed by atoms with Gasteiger partial charge < -0.3 is 14.8 Å². The van der Waals surface area contributed by atoms with Gasteiger partial charge in [-0.25, -0.2) is 14.8 Å². The summed E-state index contributed by atoms with van der Waals surface area (Å²) in [6, 6.07) is 14.7. The van der Waals surface area contributed by atoms with Crippen LogP contribution >= 0.6 is 15.9 Å². The summed E-state index contributed by atoms with van der Waals surface area (Å²) in [6.07, 6.45) is -1.83. The van der Waals surface area contributed by atoms with Gasteiger partial charge in [-0.1, -0.05) is 15.9 Å². The number of anilines is 1. The van der Waals surface area contributed by atoms with E-state index in [0.29, 0.717) is 28.4 Å². The number of fused-ring (bicyclic) bond motifs is 1. The number of furan rings is 1. The second-order valence-electron chi connectivity index (χ2n) is 6.67. The van der Waals surface area contributed by atoms with Crippen molar-refractivity contribution in [1.29, 1.82) is 0 Å². The highest BCUT2D eigenvalue weighted by Gasteiger charge is 2.38. The zero-order valence-electron chi connectivity index (χ0n) is 16.9. The van der Waals surface area contributed by atoms with Crippen LogP contribution in [0.1, 0.15) is 15.9 Å². The number of aromatic nitrogens is 2. The molecule has 0 saturated carbocycles. The Bertz CT molecular complexity index is 1310. The first-order valence-electron chi connectivity index (χ1n) is 9.23. The SMILES string of the molecule is Cc1ccnc(NC(=O)c2cc(-c3ccco3)nc3ccc(Br)cc23)c1.O=C(O)C(F)(F)F. The van der Waals surface area contributed by atoms with Gasteiger partial charge in [0.25, 0.3) is 5.91 Å². The topological polar surface area (TPSA) is 105 Å². The van der Waals surface area contributed by atoms with E-state index in [0.717, 1.165) is 15.4 Å². The molecule has 7 nitrogen and oxygen atoms in total. The summed E-state index contributed by atoms with van der Waals surface area (Å²) in [7, 11) is 0. The van der Waals surface area contributed by atoms with Crippen LogP contribution in [0.25, 0.3) is 22.4 Å². The number of amides is 1. The normalized spacial score (nSPS) is 10.9. The van der Waals surface area contributed by atoms with Crippen molar-refractivity contribution in [2.45, 2.75) is 13.1 Å². The van der Waals surface area contributed by atoms with Crippen LogP contribution in [-0.2, 0) is 4.79 Å².